The highest BCUT2D eigenvalue weighted by molar-refractivity contribution is 6.12. The van der Waals surface area contributed by atoms with Crippen molar-refractivity contribution < 1.29 is 4.79 Å². The van der Waals surface area contributed by atoms with Gasteiger partial charge in [-0.3, -0.25) is 4.79 Å². The average molecular weight is 282 g/mol. The molecule has 0 unspecified atom stereocenters. The second-order valence-electron chi connectivity index (χ2n) is 4.71. The third kappa shape index (κ3) is 2.40. The molecule has 2 heterocycles. The van der Waals surface area contributed by atoms with Crippen molar-refractivity contribution in [2.75, 3.05) is 24.3 Å². The molecule has 2 aromatic heterocycles. The molecule has 7 nitrogen and oxygen atoms in total. The highest BCUT2D eigenvalue weighted by atomic mass is 16.1. The third-order valence-corrected chi connectivity index (χ3v) is 3.06. The first-order valence-electron chi connectivity index (χ1n) is 6.37. The lowest BCUT2D eigenvalue weighted by Crippen LogP contribution is -2.18. The minimum atomic E-state index is -0.245. The number of carbonyl (C=O) groups excluding carboxylic acids is 1. The Morgan fingerprint density at radius 1 is 1.29 bits per heavy atom. The summed E-state index contributed by atoms with van der Waals surface area (Å²) in [6, 6.07) is 5.41. The first-order chi connectivity index (χ1) is 10.2. The topological polar surface area (TPSA) is 86.8 Å². The Morgan fingerprint density at radius 2 is 2.14 bits per heavy atom. The van der Waals surface area contributed by atoms with Gasteiger partial charge in [0.2, 0.25) is 0 Å². The third-order valence-electron chi connectivity index (χ3n) is 3.06. The van der Waals surface area contributed by atoms with Crippen molar-refractivity contribution in [2.24, 2.45) is 0 Å². The van der Waals surface area contributed by atoms with Crippen molar-refractivity contribution in [3.63, 3.8) is 0 Å². The molecule has 0 aliphatic rings. The lowest BCUT2D eigenvalue weighted by atomic mass is 10.1. The van der Waals surface area contributed by atoms with E-state index in [0.717, 1.165) is 5.52 Å². The largest absolute Gasteiger partial charge is 0.361 e. The molecule has 1 aromatic carbocycles. The maximum atomic E-state index is 12.5. The van der Waals surface area contributed by atoms with Gasteiger partial charge < -0.3 is 15.2 Å². The Kier molecular flexibility index (Phi) is 3.23. The van der Waals surface area contributed by atoms with Gasteiger partial charge >= 0.3 is 0 Å². The molecule has 2 N–H and O–H groups in total. The lowest BCUT2D eigenvalue weighted by Gasteiger charge is -2.15. The standard InChI is InChI=1S/C14H14N6O/c1-20(2)13-11(6-15-7-18-13)19-14(21)9-4-3-5-10-12(9)17-8-16-10/h3-8H,1-2H3,(H,16,17)(H,19,21). The van der Waals surface area contributed by atoms with E-state index in [9.17, 15) is 4.79 Å². The number of nitrogens with one attached hydrogen (secondary N) is 2. The number of imidazole rings is 1. The number of para-hydroxylation sites is 1. The van der Waals surface area contributed by atoms with Gasteiger partial charge in [-0.05, 0) is 12.1 Å². The Bertz CT molecular complexity index is 795. The number of H-pyrrole nitrogens is 1. The number of anilines is 2. The van der Waals surface area contributed by atoms with Crippen LogP contribution < -0.4 is 10.2 Å². The molecule has 21 heavy (non-hydrogen) atoms. The van der Waals surface area contributed by atoms with Crippen molar-refractivity contribution in [1.82, 2.24) is 19.9 Å². The van der Waals surface area contributed by atoms with Gasteiger partial charge in [0.1, 0.15) is 17.5 Å². The highest BCUT2D eigenvalue weighted by Gasteiger charge is 2.14. The van der Waals surface area contributed by atoms with E-state index in [2.05, 4.69) is 25.3 Å². The number of carbonyl (C=O) groups is 1. The molecular formula is C14H14N6O. The molecule has 0 atom stereocenters. The summed E-state index contributed by atoms with van der Waals surface area (Å²) in [5, 5.41) is 2.83. The predicted molar refractivity (Wildman–Crippen MR) is 80.4 cm³/mol. The summed E-state index contributed by atoms with van der Waals surface area (Å²) in [6.07, 6.45) is 4.59. The van der Waals surface area contributed by atoms with Gasteiger partial charge in [-0.2, -0.15) is 0 Å². The molecule has 106 valence electrons. The van der Waals surface area contributed by atoms with Crippen LogP contribution in [0.2, 0.25) is 0 Å². The molecule has 0 aliphatic heterocycles. The Balaban J connectivity index is 1.96. The highest BCUT2D eigenvalue weighted by Crippen LogP contribution is 2.21. The van der Waals surface area contributed by atoms with Gasteiger partial charge in [-0.15, -0.1) is 0 Å². The Labute approximate surface area is 121 Å². The fraction of sp³-hybridized carbons (Fsp3) is 0.143. The molecule has 0 fully saturated rings. The number of aromatic nitrogens is 4. The van der Waals surface area contributed by atoms with Gasteiger partial charge in [0.05, 0.1) is 23.6 Å². The smallest absolute Gasteiger partial charge is 0.258 e. The van der Waals surface area contributed by atoms with Crippen molar-refractivity contribution in [3.05, 3.63) is 42.6 Å². The van der Waals surface area contributed by atoms with Crippen LogP contribution in [-0.4, -0.2) is 39.9 Å². The van der Waals surface area contributed by atoms with E-state index in [1.807, 2.05) is 31.1 Å². The van der Waals surface area contributed by atoms with Crippen LogP contribution in [0.3, 0.4) is 0 Å². The molecule has 0 radical (unpaired) electrons. The maximum absolute atomic E-state index is 12.5. The number of hydrogen-bond donors (Lipinski definition) is 2. The van der Waals surface area contributed by atoms with Crippen molar-refractivity contribution >= 4 is 28.4 Å². The number of amides is 1. The van der Waals surface area contributed by atoms with Crippen LogP contribution in [0.15, 0.2) is 37.1 Å². The summed E-state index contributed by atoms with van der Waals surface area (Å²) < 4.78 is 0. The van der Waals surface area contributed by atoms with Gasteiger partial charge in [-0.25, -0.2) is 15.0 Å². The molecule has 7 heteroatoms. The van der Waals surface area contributed by atoms with Crippen LogP contribution in [0.5, 0.6) is 0 Å². The minimum Gasteiger partial charge on any atom is -0.361 e. The average Bonchev–Trinajstić information content (AvgIpc) is 2.95. The molecule has 0 saturated carbocycles. The van der Waals surface area contributed by atoms with E-state index in [1.54, 1.807) is 18.6 Å². The molecule has 3 aromatic rings. The Morgan fingerprint density at radius 3 is 2.95 bits per heavy atom. The fourth-order valence-electron chi connectivity index (χ4n) is 2.11. The van der Waals surface area contributed by atoms with E-state index < -0.39 is 0 Å². The number of rotatable bonds is 3. The van der Waals surface area contributed by atoms with Crippen LogP contribution >= 0.6 is 0 Å². The van der Waals surface area contributed by atoms with Crippen molar-refractivity contribution in [1.29, 1.82) is 0 Å². The maximum Gasteiger partial charge on any atom is 0.258 e. The zero-order valence-corrected chi connectivity index (χ0v) is 11.7. The van der Waals surface area contributed by atoms with Crippen molar-refractivity contribution in [3.8, 4) is 0 Å². The quantitative estimate of drug-likeness (QED) is 0.763. The summed E-state index contributed by atoms with van der Waals surface area (Å²) >= 11 is 0. The summed E-state index contributed by atoms with van der Waals surface area (Å²) in [7, 11) is 3.71. The van der Waals surface area contributed by atoms with Crippen LogP contribution in [0.1, 0.15) is 10.4 Å². The second-order valence-corrected chi connectivity index (χ2v) is 4.71. The molecule has 3 rings (SSSR count). The first-order valence-corrected chi connectivity index (χ1v) is 6.37. The zero-order valence-electron chi connectivity index (χ0n) is 11.7. The number of nitrogens with zero attached hydrogens (tertiary/aromatic N) is 4. The van der Waals surface area contributed by atoms with Crippen LogP contribution in [0.4, 0.5) is 11.5 Å². The molecule has 1 amide bonds. The molecule has 0 aliphatic carbocycles. The summed E-state index contributed by atoms with van der Waals surface area (Å²) in [5.41, 5.74) is 2.51. The normalized spacial score (nSPS) is 10.6. The summed E-state index contributed by atoms with van der Waals surface area (Å²) in [4.78, 5) is 29.5. The van der Waals surface area contributed by atoms with E-state index in [4.69, 9.17) is 0 Å². The second kappa shape index (κ2) is 5.20. The van der Waals surface area contributed by atoms with Crippen LogP contribution in [0, 0.1) is 0 Å². The Hall–Kier alpha value is -2.96. The number of hydrogen-bond acceptors (Lipinski definition) is 5. The van der Waals surface area contributed by atoms with Gasteiger partial charge in [0.25, 0.3) is 5.91 Å². The fourth-order valence-corrected chi connectivity index (χ4v) is 2.11. The van der Waals surface area contributed by atoms with E-state index in [-0.39, 0.29) is 5.91 Å². The monoisotopic (exact) mass is 282 g/mol. The number of fused-ring (bicyclic) bond motifs is 1. The zero-order chi connectivity index (χ0) is 14.8. The predicted octanol–water partition coefficient (Wildman–Crippen LogP) is 1.67. The molecular weight excluding hydrogens is 268 g/mol. The van der Waals surface area contributed by atoms with E-state index in [0.29, 0.717) is 22.6 Å². The van der Waals surface area contributed by atoms with E-state index >= 15 is 0 Å². The first kappa shape index (κ1) is 13.0. The molecule has 0 spiro atoms. The summed E-state index contributed by atoms with van der Waals surface area (Å²) in [5.74, 6) is 0.401. The summed E-state index contributed by atoms with van der Waals surface area (Å²) in [6.45, 7) is 0. The van der Waals surface area contributed by atoms with E-state index in [1.165, 1.54) is 6.33 Å². The van der Waals surface area contributed by atoms with Crippen LogP contribution in [-0.2, 0) is 0 Å². The number of aromatic amines is 1. The molecule has 0 bridgehead atoms. The van der Waals surface area contributed by atoms with Crippen LogP contribution in [0.25, 0.3) is 11.0 Å². The van der Waals surface area contributed by atoms with Crippen molar-refractivity contribution in [2.45, 2.75) is 0 Å². The lowest BCUT2D eigenvalue weighted by molar-refractivity contribution is 0.102. The SMILES string of the molecule is CN(C)c1ncncc1NC(=O)c1cccc2[nH]cnc12. The number of benzene rings is 1. The minimum absolute atomic E-state index is 0.245. The molecule has 0 saturated heterocycles. The van der Waals surface area contributed by atoms with Gasteiger partial charge in [0, 0.05) is 14.1 Å². The van der Waals surface area contributed by atoms with Gasteiger partial charge in [0.15, 0.2) is 5.82 Å². The van der Waals surface area contributed by atoms with Gasteiger partial charge in [-0.1, -0.05) is 6.07 Å².